The average molecular weight is 612 g/mol. The fraction of sp³-hybridized carbons (Fsp3) is 0.314. The normalized spacial score (nSPS) is 18.4. The van der Waals surface area contributed by atoms with Crippen LogP contribution >= 0.6 is 0 Å². The second-order valence-electron chi connectivity index (χ2n) is 11.4. The van der Waals surface area contributed by atoms with Crippen LogP contribution in [0.25, 0.3) is 0 Å². The van der Waals surface area contributed by atoms with E-state index in [1.807, 2.05) is 30.3 Å². The van der Waals surface area contributed by atoms with E-state index in [-0.39, 0.29) is 30.3 Å². The SMILES string of the molecule is CCOC(=O)C1C(C)=Nc2c(c(N3CCN(C(c4ccc(F)cc4)c4ccc(F)cc4)CC3)nc(=O)n2C)C1c1ccccc1. The van der Waals surface area contributed by atoms with Crippen LogP contribution < -0.4 is 10.6 Å². The predicted molar refractivity (Wildman–Crippen MR) is 169 cm³/mol. The van der Waals surface area contributed by atoms with Gasteiger partial charge in [0.2, 0.25) is 0 Å². The molecule has 1 fully saturated rings. The van der Waals surface area contributed by atoms with E-state index in [1.165, 1.54) is 28.8 Å². The first-order valence-corrected chi connectivity index (χ1v) is 15.1. The van der Waals surface area contributed by atoms with Crippen molar-refractivity contribution < 1.29 is 18.3 Å². The van der Waals surface area contributed by atoms with Crippen LogP contribution in [-0.2, 0) is 16.6 Å². The molecule has 3 heterocycles. The highest BCUT2D eigenvalue weighted by atomic mass is 19.1. The van der Waals surface area contributed by atoms with Gasteiger partial charge >= 0.3 is 11.7 Å². The van der Waals surface area contributed by atoms with Gasteiger partial charge in [0.1, 0.15) is 29.2 Å². The molecule has 0 saturated carbocycles. The number of esters is 1. The minimum Gasteiger partial charge on any atom is -0.465 e. The molecule has 0 spiro atoms. The maximum Gasteiger partial charge on any atom is 0.350 e. The molecule has 2 aliphatic rings. The largest absolute Gasteiger partial charge is 0.465 e. The number of anilines is 1. The van der Waals surface area contributed by atoms with Crippen LogP contribution in [0.3, 0.4) is 0 Å². The van der Waals surface area contributed by atoms with Crippen molar-refractivity contribution in [1.82, 2.24) is 14.5 Å². The summed E-state index contributed by atoms with van der Waals surface area (Å²) in [5.74, 6) is -1.17. The molecule has 232 valence electrons. The van der Waals surface area contributed by atoms with Gasteiger partial charge in [-0.2, -0.15) is 4.98 Å². The Bertz CT molecular complexity index is 1720. The smallest absolute Gasteiger partial charge is 0.350 e. The van der Waals surface area contributed by atoms with Gasteiger partial charge in [-0.05, 0) is 54.8 Å². The van der Waals surface area contributed by atoms with Crippen LogP contribution in [0, 0.1) is 17.6 Å². The molecule has 0 bridgehead atoms. The number of ether oxygens (including phenoxy) is 1. The maximum atomic E-state index is 13.8. The lowest BCUT2D eigenvalue weighted by molar-refractivity contribution is -0.146. The lowest BCUT2D eigenvalue weighted by Gasteiger charge is -2.42. The van der Waals surface area contributed by atoms with Crippen molar-refractivity contribution in [2.75, 3.05) is 37.7 Å². The molecule has 1 saturated heterocycles. The number of fused-ring (bicyclic) bond motifs is 1. The van der Waals surface area contributed by atoms with Crippen molar-refractivity contribution >= 4 is 23.3 Å². The van der Waals surface area contributed by atoms with Crippen molar-refractivity contribution in [2.24, 2.45) is 18.0 Å². The molecule has 0 radical (unpaired) electrons. The van der Waals surface area contributed by atoms with Crippen molar-refractivity contribution in [3.63, 3.8) is 0 Å². The van der Waals surface area contributed by atoms with Crippen LogP contribution in [0.2, 0.25) is 0 Å². The van der Waals surface area contributed by atoms with Crippen LogP contribution in [0.5, 0.6) is 0 Å². The molecule has 0 aliphatic carbocycles. The molecule has 0 N–H and O–H groups in total. The fourth-order valence-electron chi connectivity index (χ4n) is 6.55. The van der Waals surface area contributed by atoms with E-state index in [0.717, 1.165) is 16.7 Å². The summed E-state index contributed by atoms with van der Waals surface area (Å²) in [6.45, 7) is 6.05. The van der Waals surface area contributed by atoms with Gasteiger partial charge in [0, 0.05) is 50.4 Å². The average Bonchev–Trinajstić information content (AvgIpc) is 3.05. The second kappa shape index (κ2) is 12.7. The summed E-state index contributed by atoms with van der Waals surface area (Å²) in [6, 6.07) is 22.3. The number of aliphatic imine (C=N–C) groups is 1. The number of halogens is 2. The molecule has 6 rings (SSSR count). The predicted octanol–water partition coefficient (Wildman–Crippen LogP) is 5.39. The topological polar surface area (TPSA) is 80.0 Å². The molecule has 2 aliphatic heterocycles. The first-order chi connectivity index (χ1) is 21.8. The third-order valence-corrected chi connectivity index (χ3v) is 8.71. The maximum absolute atomic E-state index is 13.8. The summed E-state index contributed by atoms with van der Waals surface area (Å²) in [6.07, 6.45) is 0. The van der Waals surface area contributed by atoms with E-state index < -0.39 is 17.5 Å². The summed E-state index contributed by atoms with van der Waals surface area (Å²) in [4.78, 5) is 40.3. The number of hydrogen-bond acceptors (Lipinski definition) is 7. The fourth-order valence-corrected chi connectivity index (χ4v) is 6.55. The summed E-state index contributed by atoms with van der Waals surface area (Å²) in [5, 5.41) is 0. The molecule has 0 amide bonds. The standard InChI is InChI=1S/C35H35F2N5O3/c1-4-45-34(43)28-22(2)38-32-30(29(28)23-8-6-5-7-9-23)33(39-35(44)40(32)3)42-20-18-41(19-21-42)31(24-10-14-26(36)15-11-24)25-12-16-27(37)17-13-25/h5-17,28-29,31H,4,18-21H2,1-3H3. The number of carbonyl (C=O) groups is 1. The summed E-state index contributed by atoms with van der Waals surface area (Å²) in [7, 11) is 1.65. The highest BCUT2D eigenvalue weighted by Gasteiger charge is 2.43. The number of benzene rings is 3. The highest BCUT2D eigenvalue weighted by molar-refractivity contribution is 6.05. The highest BCUT2D eigenvalue weighted by Crippen LogP contribution is 2.46. The Hall–Kier alpha value is -4.70. The lowest BCUT2D eigenvalue weighted by Crippen LogP contribution is -2.49. The molecule has 4 aromatic rings. The Labute approximate surface area is 260 Å². The molecular weight excluding hydrogens is 576 g/mol. The number of nitrogens with zero attached hydrogens (tertiary/aromatic N) is 5. The third-order valence-electron chi connectivity index (χ3n) is 8.71. The summed E-state index contributed by atoms with van der Waals surface area (Å²) >= 11 is 0. The van der Waals surface area contributed by atoms with Gasteiger partial charge in [-0.3, -0.25) is 14.3 Å². The molecule has 10 heteroatoms. The van der Waals surface area contributed by atoms with E-state index in [4.69, 9.17) is 9.73 Å². The van der Waals surface area contributed by atoms with Gasteiger partial charge in [0.05, 0.1) is 12.6 Å². The van der Waals surface area contributed by atoms with Gasteiger partial charge in [-0.15, -0.1) is 0 Å². The molecule has 2 unspecified atom stereocenters. The van der Waals surface area contributed by atoms with Gasteiger partial charge in [-0.1, -0.05) is 54.6 Å². The first kappa shape index (κ1) is 30.3. The van der Waals surface area contributed by atoms with E-state index in [0.29, 0.717) is 49.1 Å². The zero-order chi connectivity index (χ0) is 31.7. The number of aromatic nitrogens is 2. The van der Waals surface area contributed by atoms with Gasteiger partial charge in [0.25, 0.3) is 0 Å². The second-order valence-corrected chi connectivity index (χ2v) is 11.4. The quantitative estimate of drug-likeness (QED) is 0.261. The number of rotatable bonds is 7. The minimum atomic E-state index is -0.680. The molecule has 1 aromatic heterocycles. The minimum absolute atomic E-state index is 0.226. The van der Waals surface area contributed by atoms with E-state index in [1.54, 1.807) is 45.2 Å². The molecular formula is C35H35F2N5O3. The van der Waals surface area contributed by atoms with Crippen molar-refractivity contribution in [3.8, 4) is 0 Å². The van der Waals surface area contributed by atoms with Gasteiger partial charge < -0.3 is 9.64 Å². The first-order valence-electron chi connectivity index (χ1n) is 15.1. The van der Waals surface area contributed by atoms with Gasteiger partial charge in [0.15, 0.2) is 0 Å². The van der Waals surface area contributed by atoms with Crippen molar-refractivity contribution in [3.05, 3.63) is 123 Å². The Kier molecular flexibility index (Phi) is 8.58. The van der Waals surface area contributed by atoms with Crippen LogP contribution in [0.15, 0.2) is 88.6 Å². The van der Waals surface area contributed by atoms with E-state index >= 15 is 0 Å². The number of piperazine rings is 1. The lowest BCUT2D eigenvalue weighted by atomic mass is 9.76. The van der Waals surface area contributed by atoms with Crippen molar-refractivity contribution in [1.29, 1.82) is 0 Å². The molecule has 45 heavy (non-hydrogen) atoms. The Morgan fingerprint density at radius 2 is 1.49 bits per heavy atom. The van der Waals surface area contributed by atoms with Gasteiger partial charge in [-0.25, -0.2) is 18.6 Å². The molecule has 8 nitrogen and oxygen atoms in total. The van der Waals surface area contributed by atoms with Crippen LogP contribution in [-0.4, -0.2) is 58.9 Å². The summed E-state index contributed by atoms with van der Waals surface area (Å²) < 4.78 is 34.6. The Balaban J connectivity index is 1.39. The monoisotopic (exact) mass is 611 g/mol. The Morgan fingerprint density at radius 1 is 0.911 bits per heavy atom. The number of hydrogen-bond donors (Lipinski definition) is 0. The zero-order valence-corrected chi connectivity index (χ0v) is 25.5. The summed E-state index contributed by atoms with van der Waals surface area (Å²) in [5.41, 5.74) is 3.56. The molecule has 2 atom stereocenters. The van der Waals surface area contributed by atoms with Crippen molar-refractivity contribution in [2.45, 2.75) is 25.8 Å². The third kappa shape index (κ3) is 5.90. The van der Waals surface area contributed by atoms with E-state index in [9.17, 15) is 18.4 Å². The Morgan fingerprint density at radius 3 is 2.04 bits per heavy atom. The number of carbonyl (C=O) groups excluding carboxylic acids is 1. The van der Waals surface area contributed by atoms with Crippen LogP contribution in [0.4, 0.5) is 20.4 Å². The molecule has 3 aromatic carbocycles. The zero-order valence-electron chi connectivity index (χ0n) is 25.5. The van der Waals surface area contributed by atoms with E-state index in [2.05, 4.69) is 14.8 Å². The van der Waals surface area contributed by atoms with Crippen LogP contribution in [0.1, 0.15) is 48.1 Å².